The van der Waals surface area contributed by atoms with Crippen LogP contribution in [0.5, 0.6) is 0 Å². The van der Waals surface area contributed by atoms with Gasteiger partial charge in [-0.25, -0.2) is 19.7 Å². The number of carbonyl (C=O) groups is 1. The van der Waals surface area contributed by atoms with E-state index in [1.165, 1.54) is 12.5 Å². The molecule has 0 aliphatic rings. The van der Waals surface area contributed by atoms with Crippen LogP contribution in [-0.2, 0) is 0 Å². The smallest absolute Gasteiger partial charge is 0.353 e. The van der Waals surface area contributed by atoms with Gasteiger partial charge in [0.25, 0.3) is 0 Å². The number of rotatable bonds is 2. The number of aromatic nitrogens is 4. The molecule has 0 spiro atoms. The normalized spacial score (nSPS) is 10.2. The average molecular weight is 204 g/mol. The molecule has 0 aliphatic heterocycles. The van der Waals surface area contributed by atoms with Crippen molar-refractivity contribution >= 4 is 5.97 Å². The molecule has 0 saturated carbocycles. The number of hydrogen-bond acceptors (Lipinski definition) is 4. The van der Waals surface area contributed by atoms with Gasteiger partial charge < -0.3 is 10.1 Å². The van der Waals surface area contributed by atoms with Gasteiger partial charge in [-0.2, -0.15) is 0 Å². The molecular formula is C9H8N4O2. The maximum Gasteiger partial charge on any atom is 0.353 e. The number of H-pyrrole nitrogens is 1. The Kier molecular flexibility index (Phi) is 2.17. The lowest BCUT2D eigenvalue weighted by atomic mass is 10.2. The van der Waals surface area contributed by atoms with Gasteiger partial charge >= 0.3 is 5.97 Å². The molecule has 2 aromatic heterocycles. The van der Waals surface area contributed by atoms with Crippen LogP contribution < -0.4 is 0 Å². The van der Waals surface area contributed by atoms with E-state index >= 15 is 0 Å². The largest absolute Gasteiger partial charge is 0.477 e. The van der Waals surface area contributed by atoms with Crippen molar-refractivity contribution in [2.45, 2.75) is 6.92 Å². The Bertz CT molecular complexity index is 506. The summed E-state index contributed by atoms with van der Waals surface area (Å²) in [5.74, 6) is -0.575. The van der Waals surface area contributed by atoms with Gasteiger partial charge in [0.2, 0.25) is 0 Å². The van der Waals surface area contributed by atoms with E-state index in [2.05, 4.69) is 19.9 Å². The predicted octanol–water partition coefficient (Wildman–Crippen LogP) is 0.873. The second kappa shape index (κ2) is 3.49. The Morgan fingerprint density at radius 2 is 2.20 bits per heavy atom. The molecule has 6 nitrogen and oxygen atoms in total. The fourth-order valence-corrected chi connectivity index (χ4v) is 1.19. The van der Waals surface area contributed by atoms with Crippen LogP contribution in [0.3, 0.4) is 0 Å². The molecule has 0 saturated heterocycles. The highest BCUT2D eigenvalue weighted by atomic mass is 16.4. The molecule has 0 bridgehead atoms. The lowest BCUT2D eigenvalue weighted by Crippen LogP contribution is -1.96. The quantitative estimate of drug-likeness (QED) is 0.757. The van der Waals surface area contributed by atoms with Gasteiger partial charge in [0.15, 0.2) is 0 Å². The third-order valence-electron chi connectivity index (χ3n) is 1.97. The Labute approximate surface area is 85.0 Å². The molecule has 2 heterocycles. The van der Waals surface area contributed by atoms with Crippen LogP contribution >= 0.6 is 0 Å². The number of hydrogen-bond donors (Lipinski definition) is 2. The Morgan fingerprint density at radius 1 is 1.40 bits per heavy atom. The van der Waals surface area contributed by atoms with Crippen LogP contribution in [0.2, 0.25) is 0 Å². The first-order chi connectivity index (χ1) is 7.18. The van der Waals surface area contributed by atoms with Crippen molar-refractivity contribution in [3.05, 3.63) is 30.1 Å². The van der Waals surface area contributed by atoms with Crippen molar-refractivity contribution in [1.29, 1.82) is 0 Å². The molecule has 0 atom stereocenters. The lowest BCUT2D eigenvalue weighted by molar-refractivity contribution is 0.0691. The number of aromatic carboxylic acids is 1. The summed E-state index contributed by atoms with van der Waals surface area (Å²) in [4.78, 5) is 25.1. The van der Waals surface area contributed by atoms with E-state index < -0.39 is 5.97 Å². The predicted molar refractivity (Wildman–Crippen MR) is 51.3 cm³/mol. The minimum Gasteiger partial charge on any atom is -0.477 e. The number of carboxylic acids is 1. The zero-order valence-electron chi connectivity index (χ0n) is 7.93. The van der Waals surface area contributed by atoms with Gasteiger partial charge in [-0.1, -0.05) is 0 Å². The number of imidazole rings is 1. The second-order valence-electron chi connectivity index (χ2n) is 2.97. The van der Waals surface area contributed by atoms with Crippen molar-refractivity contribution in [2.75, 3.05) is 0 Å². The highest BCUT2D eigenvalue weighted by Crippen LogP contribution is 2.16. The van der Waals surface area contributed by atoms with Crippen LogP contribution in [0, 0.1) is 6.92 Å². The van der Waals surface area contributed by atoms with Crippen LogP contribution in [-0.4, -0.2) is 31.0 Å². The van der Waals surface area contributed by atoms with E-state index in [1.807, 2.05) is 0 Å². The summed E-state index contributed by atoms with van der Waals surface area (Å²) in [5.41, 5.74) is 1.49. The van der Waals surface area contributed by atoms with Crippen molar-refractivity contribution in [3.8, 4) is 11.4 Å². The lowest BCUT2D eigenvalue weighted by Gasteiger charge is -1.98. The molecule has 15 heavy (non-hydrogen) atoms. The van der Waals surface area contributed by atoms with Gasteiger partial charge in [-0.05, 0) is 6.92 Å². The Hall–Kier alpha value is -2.24. The number of carboxylic acid groups (broad SMARTS) is 1. The Balaban J connectivity index is 2.46. The zero-order valence-corrected chi connectivity index (χ0v) is 7.93. The van der Waals surface area contributed by atoms with Gasteiger partial charge in [0, 0.05) is 6.20 Å². The van der Waals surface area contributed by atoms with E-state index in [4.69, 9.17) is 5.11 Å². The molecule has 0 fully saturated rings. The number of aromatic amines is 1. The minimum absolute atomic E-state index is 0.0493. The van der Waals surface area contributed by atoms with Gasteiger partial charge in [-0.3, -0.25) is 0 Å². The van der Waals surface area contributed by atoms with Crippen molar-refractivity contribution in [1.82, 2.24) is 19.9 Å². The summed E-state index contributed by atoms with van der Waals surface area (Å²) in [5, 5.41) is 8.71. The number of nitrogens with zero attached hydrogens (tertiary/aromatic N) is 3. The molecule has 76 valence electrons. The van der Waals surface area contributed by atoms with Crippen molar-refractivity contribution in [3.63, 3.8) is 0 Å². The first-order valence-electron chi connectivity index (χ1n) is 4.24. The molecule has 6 heteroatoms. The summed E-state index contributed by atoms with van der Waals surface area (Å²) in [6, 6.07) is 0. The van der Waals surface area contributed by atoms with E-state index in [-0.39, 0.29) is 5.69 Å². The third-order valence-corrected chi connectivity index (χ3v) is 1.97. The molecule has 0 aromatic carbocycles. The average Bonchev–Trinajstić information content (AvgIpc) is 2.67. The molecular weight excluding hydrogens is 196 g/mol. The summed E-state index contributed by atoms with van der Waals surface area (Å²) < 4.78 is 0. The summed E-state index contributed by atoms with van der Waals surface area (Å²) in [6.45, 7) is 1.81. The van der Waals surface area contributed by atoms with Crippen LogP contribution in [0.15, 0.2) is 18.7 Å². The van der Waals surface area contributed by atoms with E-state index in [1.54, 1.807) is 13.1 Å². The molecule has 0 aliphatic carbocycles. The first kappa shape index (κ1) is 9.32. The summed E-state index contributed by atoms with van der Waals surface area (Å²) in [7, 11) is 0. The maximum atomic E-state index is 10.6. The highest BCUT2D eigenvalue weighted by Gasteiger charge is 2.10. The van der Waals surface area contributed by atoms with E-state index in [9.17, 15) is 4.79 Å². The van der Waals surface area contributed by atoms with Crippen LogP contribution in [0.4, 0.5) is 0 Å². The number of aryl methyl sites for hydroxylation is 1. The first-order valence-corrected chi connectivity index (χ1v) is 4.24. The minimum atomic E-state index is -1.04. The molecule has 0 radical (unpaired) electrons. The standard InChI is InChI=1S/C9H8N4O2/c1-5-6(2-10-4-12-5)8-11-3-7(13-8)9(14)15/h2-4H,1H3,(H,11,13)(H,14,15). The van der Waals surface area contributed by atoms with E-state index in [0.717, 1.165) is 5.69 Å². The zero-order chi connectivity index (χ0) is 10.8. The number of nitrogens with one attached hydrogen (secondary N) is 1. The van der Waals surface area contributed by atoms with Crippen LogP contribution in [0.1, 0.15) is 16.2 Å². The monoisotopic (exact) mass is 204 g/mol. The molecule has 2 aromatic rings. The third kappa shape index (κ3) is 1.69. The fraction of sp³-hybridized carbons (Fsp3) is 0.111. The van der Waals surface area contributed by atoms with Gasteiger partial charge in [0.05, 0.1) is 17.5 Å². The molecule has 2 N–H and O–H groups in total. The van der Waals surface area contributed by atoms with Gasteiger partial charge in [-0.15, -0.1) is 0 Å². The van der Waals surface area contributed by atoms with Crippen molar-refractivity contribution in [2.24, 2.45) is 0 Å². The van der Waals surface area contributed by atoms with E-state index in [0.29, 0.717) is 11.4 Å². The molecule has 0 amide bonds. The highest BCUT2D eigenvalue weighted by molar-refractivity contribution is 5.85. The SMILES string of the molecule is Cc1ncncc1-c1ncc(C(=O)O)[nH]1. The second-order valence-corrected chi connectivity index (χ2v) is 2.97. The van der Waals surface area contributed by atoms with Crippen LogP contribution in [0.25, 0.3) is 11.4 Å². The van der Waals surface area contributed by atoms with Gasteiger partial charge in [0.1, 0.15) is 17.8 Å². The summed E-state index contributed by atoms with van der Waals surface area (Å²) >= 11 is 0. The fourth-order valence-electron chi connectivity index (χ4n) is 1.19. The summed E-state index contributed by atoms with van der Waals surface area (Å²) in [6.07, 6.45) is 4.29. The molecule has 2 rings (SSSR count). The Morgan fingerprint density at radius 3 is 2.80 bits per heavy atom. The maximum absolute atomic E-state index is 10.6. The molecule has 0 unspecified atom stereocenters. The topological polar surface area (TPSA) is 91.8 Å². The van der Waals surface area contributed by atoms with Crippen molar-refractivity contribution < 1.29 is 9.90 Å².